The number of hydrogen-bond donors (Lipinski definition) is 0. The number of rotatable bonds is 7. The monoisotopic (exact) mass is 312 g/mol. The van der Waals surface area contributed by atoms with Crippen molar-refractivity contribution in [2.24, 2.45) is 0 Å². The Labute approximate surface area is 116 Å². The van der Waals surface area contributed by atoms with Crippen molar-refractivity contribution in [2.45, 2.75) is 6.92 Å². The zero-order chi connectivity index (χ0) is 13.6. The maximum atomic E-state index is 10.6. The van der Waals surface area contributed by atoms with Crippen LogP contribution in [0.3, 0.4) is 0 Å². The van der Waals surface area contributed by atoms with Gasteiger partial charge in [0.15, 0.2) is 0 Å². The average molecular weight is 313 g/mol. The predicted molar refractivity (Wildman–Crippen MR) is 72.1 cm³/mol. The van der Waals surface area contributed by atoms with Crippen LogP contribution in [0.25, 0.3) is 0 Å². The smallest absolute Gasteiger partial charge is 0.234 e. The van der Waals surface area contributed by atoms with Gasteiger partial charge in [-0.25, -0.2) is 8.42 Å². The van der Waals surface area contributed by atoms with E-state index in [1.54, 1.807) is 6.07 Å². The quantitative estimate of drug-likeness (QED) is 0.573. The lowest BCUT2D eigenvalue weighted by Gasteiger charge is -2.09. The summed E-state index contributed by atoms with van der Waals surface area (Å²) in [6, 6.07) is 5.47. The van der Waals surface area contributed by atoms with Gasteiger partial charge in [-0.15, -0.1) is 0 Å². The molecule has 18 heavy (non-hydrogen) atoms. The van der Waals surface area contributed by atoms with E-state index in [2.05, 4.69) is 0 Å². The molecule has 1 aromatic rings. The fraction of sp³-hybridized carbons (Fsp3) is 0.455. The first-order valence-corrected chi connectivity index (χ1v) is 8.13. The SMILES string of the molecule is Cc1ccc(Cl)c(OCCOCCS(=O)(=O)Cl)c1. The van der Waals surface area contributed by atoms with Gasteiger partial charge >= 0.3 is 0 Å². The Hall–Kier alpha value is -0.490. The second kappa shape index (κ2) is 7.19. The molecule has 0 saturated carbocycles. The van der Waals surface area contributed by atoms with E-state index in [0.717, 1.165) is 5.56 Å². The van der Waals surface area contributed by atoms with E-state index in [0.29, 0.717) is 17.4 Å². The minimum absolute atomic E-state index is 0.0523. The van der Waals surface area contributed by atoms with Crippen LogP contribution < -0.4 is 4.74 Å². The molecule has 1 rings (SSSR count). The summed E-state index contributed by atoms with van der Waals surface area (Å²) in [6.45, 7) is 2.56. The Kier molecular flexibility index (Phi) is 6.21. The molecule has 1 aromatic carbocycles. The van der Waals surface area contributed by atoms with Gasteiger partial charge in [0.25, 0.3) is 0 Å². The fourth-order valence-electron chi connectivity index (χ4n) is 1.19. The molecule has 7 heteroatoms. The number of ether oxygens (including phenoxy) is 2. The van der Waals surface area contributed by atoms with Crippen LogP contribution in [0.5, 0.6) is 5.75 Å². The highest BCUT2D eigenvalue weighted by Crippen LogP contribution is 2.24. The van der Waals surface area contributed by atoms with Crippen molar-refractivity contribution in [3.8, 4) is 5.75 Å². The van der Waals surface area contributed by atoms with Crippen LogP contribution in [0.1, 0.15) is 5.56 Å². The summed E-state index contributed by atoms with van der Waals surface area (Å²) in [5.41, 5.74) is 1.04. The topological polar surface area (TPSA) is 52.6 Å². The molecule has 0 aliphatic rings. The van der Waals surface area contributed by atoms with Gasteiger partial charge in [-0.2, -0.15) is 0 Å². The largest absolute Gasteiger partial charge is 0.490 e. The molecule has 0 atom stereocenters. The lowest BCUT2D eigenvalue weighted by atomic mass is 10.2. The molecular formula is C11H14Cl2O4S. The second-order valence-electron chi connectivity index (χ2n) is 3.64. The standard InChI is InChI=1S/C11H14Cl2O4S/c1-9-2-3-10(12)11(8-9)17-5-4-16-6-7-18(13,14)15/h2-3,8H,4-7H2,1H3. The van der Waals surface area contributed by atoms with Crippen LogP contribution in [0, 0.1) is 6.92 Å². The van der Waals surface area contributed by atoms with Crippen LogP contribution in [0.15, 0.2) is 18.2 Å². The van der Waals surface area contributed by atoms with E-state index in [4.69, 9.17) is 31.8 Å². The number of hydrogen-bond acceptors (Lipinski definition) is 4. The predicted octanol–water partition coefficient (Wildman–Crippen LogP) is 2.61. The molecule has 0 unspecified atom stereocenters. The molecule has 0 aromatic heterocycles. The molecule has 0 heterocycles. The Bertz CT molecular complexity index is 488. The third-order valence-electron chi connectivity index (χ3n) is 2.04. The minimum Gasteiger partial charge on any atom is -0.490 e. The van der Waals surface area contributed by atoms with Gasteiger partial charge in [-0.1, -0.05) is 17.7 Å². The van der Waals surface area contributed by atoms with Gasteiger partial charge in [0.2, 0.25) is 9.05 Å². The first-order chi connectivity index (χ1) is 8.38. The molecule has 0 saturated heterocycles. The second-order valence-corrected chi connectivity index (χ2v) is 6.94. The van der Waals surface area contributed by atoms with E-state index >= 15 is 0 Å². The highest BCUT2D eigenvalue weighted by Gasteiger charge is 2.05. The summed E-state index contributed by atoms with van der Waals surface area (Å²) >= 11 is 5.93. The van der Waals surface area contributed by atoms with E-state index in [1.807, 2.05) is 19.1 Å². The molecule has 0 bridgehead atoms. The van der Waals surface area contributed by atoms with E-state index < -0.39 is 9.05 Å². The van der Waals surface area contributed by atoms with Crippen molar-refractivity contribution in [3.05, 3.63) is 28.8 Å². The van der Waals surface area contributed by atoms with E-state index in [-0.39, 0.29) is 19.0 Å². The van der Waals surface area contributed by atoms with Crippen molar-refractivity contribution in [3.63, 3.8) is 0 Å². The Balaban J connectivity index is 2.24. The lowest BCUT2D eigenvalue weighted by Crippen LogP contribution is -2.12. The first-order valence-electron chi connectivity index (χ1n) is 5.27. The Morgan fingerprint density at radius 1 is 1.22 bits per heavy atom. The number of aryl methyl sites for hydroxylation is 1. The zero-order valence-corrected chi connectivity index (χ0v) is 12.2. The van der Waals surface area contributed by atoms with Crippen molar-refractivity contribution < 1.29 is 17.9 Å². The van der Waals surface area contributed by atoms with Crippen molar-refractivity contribution in [2.75, 3.05) is 25.6 Å². The maximum absolute atomic E-state index is 10.6. The van der Waals surface area contributed by atoms with Crippen molar-refractivity contribution >= 4 is 31.3 Å². The molecule has 102 valence electrons. The van der Waals surface area contributed by atoms with Crippen LogP contribution in [-0.2, 0) is 13.8 Å². The summed E-state index contributed by atoms with van der Waals surface area (Å²) < 4.78 is 31.7. The fourth-order valence-corrected chi connectivity index (χ4v) is 1.87. The maximum Gasteiger partial charge on any atom is 0.234 e. The summed E-state index contributed by atoms with van der Waals surface area (Å²) in [5.74, 6) is 0.380. The van der Waals surface area contributed by atoms with E-state index in [9.17, 15) is 8.42 Å². The minimum atomic E-state index is -3.49. The van der Waals surface area contributed by atoms with Gasteiger partial charge in [-0.3, -0.25) is 0 Å². The molecule has 4 nitrogen and oxygen atoms in total. The molecule has 0 radical (unpaired) electrons. The normalized spacial score (nSPS) is 11.5. The summed E-state index contributed by atoms with van der Waals surface area (Å²) in [4.78, 5) is 0. The van der Waals surface area contributed by atoms with Gasteiger partial charge in [0.05, 0.1) is 24.0 Å². The molecule has 0 aliphatic carbocycles. The number of halogens is 2. The van der Waals surface area contributed by atoms with Gasteiger partial charge < -0.3 is 9.47 Å². The van der Waals surface area contributed by atoms with Gasteiger partial charge in [-0.05, 0) is 24.6 Å². The summed E-state index contributed by atoms with van der Waals surface area (Å²) in [7, 11) is 1.53. The third kappa shape index (κ3) is 6.44. The molecule has 0 fully saturated rings. The van der Waals surface area contributed by atoms with E-state index in [1.165, 1.54) is 0 Å². The molecule has 0 aliphatic heterocycles. The highest BCUT2D eigenvalue weighted by molar-refractivity contribution is 8.13. The molecular weight excluding hydrogens is 299 g/mol. The van der Waals surface area contributed by atoms with Crippen LogP contribution in [-0.4, -0.2) is 34.0 Å². The number of benzene rings is 1. The third-order valence-corrected chi connectivity index (χ3v) is 3.47. The van der Waals surface area contributed by atoms with Crippen LogP contribution in [0.4, 0.5) is 0 Å². The lowest BCUT2D eigenvalue weighted by molar-refractivity contribution is 0.111. The zero-order valence-electron chi connectivity index (χ0n) is 9.86. The van der Waals surface area contributed by atoms with Crippen LogP contribution >= 0.6 is 22.3 Å². The molecule has 0 N–H and O–H groups in total. The van der Waals surface area contributed by atoms with Gasteiger partial charge in [0, 0.05) is 10.7 Å². The summed E-state index contributed by atoms with van der Waals surface area (Å²) in [6.07, 6.45) is 0. The first kappa shape index (κ1) is 15.6. The average Bonchev–Trinajstić information content (AvgIpc) is 2.26. The van der Waals surface area contributed by atoms with Gasteiger partial charge in [0.1, 0.15) is 12.4 Å². The summed E-state index contributed by atoms with van der Waals surface area (Å²) in [5, 5.41) is 0.531. The Morgan fingerprint density at radius 3 is 2.61 bits per heavy atom. The van der Waals surface area contributed by atoms with Crippen molar-refractivity contribution in [1.82, 2.24) is 0 Å². The Morgan fingerprint density at radius 2 is 1.94 bits per heavy atom. The van der Waals surface area contributed by atoms with Crippen LogP contribution in [0.2, 0.25) is 5.02 Å². The molecule has 0 spiro atoms. The highest BCUT2D eigenvalue weighted by atomic mass is 35.7. The van der Waals surface area contributed by atoms with Crippen molar-refractivity contribution in [1.29, 1.82) is 0 Å². The molecule has 0 amide bonds.